The van der Waals surface area contributed by atoms with Crippen LogP contribution < -0.4 is 10.2 Å². The maximum Gasteiger partial charge on any atom is 0.133 e. The zero-order valence-corrected chi connectivity index (χ0v) is 12.6. The first-order chi connectivity index (χ1) is 9.70. The van der Waals surface area contributed by atoms with Crippen LogP contribution in [0.2, 0.25) is 0 Å². The van der Waals surface area contributed by atoms with Crippen LogP contribution in [0.1, 0.15) is 38.2 Å². The minimum Gasteiger partial charge on any atom is -0.377 e. The van der Waals surface area contributed by atoms with Crippen LogP contribution >= 0.6 is 0 Å². The van der Waals surface area contributed by atoms with Gasteiger partial charge in [-0.2, -0.15) is 0 Å². The van der Waals surface area contributed by atoms with E-state index in [4.69, 9.17) is 4.74 Å². The number of pyridine rings is 1. The summed E-state index contributed by atoms with van der Waals surface area (Å²) in [5.41, 5.74) is 1.26. The van der Waals surface area contributed by atoms with E-state index in [-0.39, 0.29) is 5.60 Å². The molecule has 0 aromatic carbocycles. The van der Waals surface area contributed by atoms with Gasteiger partial charge >= 0.3 is 0 Å². The third kappa shape index (κ3) is 3.13. The van der Waals surface area contributed by atoms with Crippen LogP contribution in [0.15, 0.2) is 18.3 Å². The van der Waals surface area contributed by atoms with Gasteiger partial charge in [0.25, 0.3) is 0 Å². The van der Waals surface area contributed by atoms with Gasteiger partial charge in [0, 0.05) is 44.5 Å². The molecule has 1 aliphatic heterocycles. The van der Waals surface area contributed by atoms with Gasteiger partial charge in [-0.15, -0.1) is 0 Å². The van der Waals surface area contributed by atoms with E-state index in [0.29, 0.717) is 0 Å². The van der Waals surface area contributed by atoms with Crippen molar-refractivity contribution in [3.63, 3.8) is 0 Å². The number of aromatic nitrogens is 1. The van der Waals surface area contributed by atoms with E-state index in [9.17, 15) is 0 Å². The zero-order chi connectivity index (χ0) is 14.0. The third-order valence-corrected chi connectivity index (χ3v) is 4.48. The number of nitrogens with zero attached hydrogens (tertiary/aromatic N) is 2. The summed E-state index contributed by atoms with van der Waals surface area (Å²) in [5, 5.41) is 3.59. The molecule has 1 atom stereocenters. The molecule has 2 fully saturated rings. The number of methoxy groups -OCH3 is 1. The van der Waals surface area contributed by atoms with E-state index >= 15 is 0 Å². The molecule has 0 spiro atoms. The van der Waals surface area contributed by atoms with Crippen LogP contribution in [0, 0.1) is 0 Å². The highest BCUT2D eigenvalue weighted by atomic mass is 16.5. The SMILES string of the molecule is COC1(C)CCCN(c2ncccc2CNC2CC2)C1. The van der Waals surface area contributed by atoms with Gasteiger partial charge in [-0.25, -0.2) is 4.98 Å². The van der Waals surface area contributed by atoms with E-state index in [2.05, 4.69) is 28.2 Å². The van der Waals surface area contributed by atoms with Crippen molar-refractivity contribution in [2.75, 3.05) is 25.1 Å². The molecule has 1 aromatic rings. The molecule has 1 aromatic heterocycles. The van der Waals surface area contributed by atoms with Crippen LogP contribution in [0.5, 0.6) is 0 Å². The van der Waals surface area contributed by atoms with E-state index in [0.717, 1.165) is 44.3 Å². The number of piperidine rings is 1. The molecule has 4 heteroatoms. The lowest BCUT2D eigenvalue weighted by Gasteiger charge is -2.40. The first-order valence-electron chi connectivity index (χ1n) is 7.67. The number of hydrogen-bond acceptors (Lipinski definition) is 4. The highest BCUT2D eigenvalue weighted by molar-refractivity contribution is 5.47. The summed E-state index contributed by atoms with van der Waals surface area (Å²) in [6.07, 6.45) is 6.83. The lowest BCUT2D eigenvalue weighted by molar-refractivity contribution is -0.00484. The van der Waals surface area contributed by atoms with Crippen molar-refractivity contribution < 1.29 is 4.74 Å². The molecule has 0 bridgehead atoms. The van der Waals surface area contributed by atoms with E-state index in [1.165, 1.54) is 18.4 Å². The topological polar surface area (TPSA) is 37.4 Å². The van der Waals surface area contributed by atoms with Crippen molar-refractivity contribution in [2.24, 2.45) is 0 Å². The number of hydrogen-bond donors (Lipinski definition) is 1. The molecule has 1 N–H and O–H groups in total. The third-order valence-electron chi connectivity index (χ3n) is 4.48. The summed E-state index contributed by atoms with van der Waals surface area (Å²) in [4.78, 5) is 7.02. The zero-order valence-electron chi connectivity index (χ0n) is 12.6. The summed E-state index contributed by atoms with van der Waals surface area (Å²) in [6.45, 7) is 5.13. The van der Waals surface area contributed by atoms with Crippen LogP contribution in [-0.2, 0) is 11.3 Å². The largest absolute Gasteiger partial charge is 0.377 e. The van der Waals surface area contributed by atoms with Gasteiger partial charge in [-0.3, -0.25) is 0 Å². The second kappa shape index (κ2) is 5.70. The molecule has 0 amide bonds. The minimum atomic E-state index is -0.0447. The van der Waals surface area contributed by atoms with Crippen molar-refractivity contribution in [1.29, 1.82) is 0 Å². The molecule has 0 radical (unpaired) electrons. The fourth-order valence-electron chi connectivity index (χ4n) is 2.95. The van der Waals surface area contributed by atoms with Gasteiger partial charge in [0.2, 0.25) is 0 Å². The number of anilines is 1. The Labute approximate surface area is 121 Å². The maximum atomic E-state index is 5.69. The van der Waals surface area contributed by atoms with E-state index in [1.807, 2.05) is 19.4 Å². The minimum absolute atomic E-state index is 0.0447. The second-order valence-electron chi connectivity index (χ2n) is 6.32. The molecular weight excluding hydrogens is 250 g/mol. The number of rotatable bonds is 5. The summed E-state index contributed by atoms with van der Waals surface area (Å²) in [6, 6.07) is 4.96. The highest BCUT2D eigenvalue weighted by Crippen LogP contribution is 2.29. The van der Waals surface area contributed by atoms with Gasteiger partial charge in [-0.1, -0.05) is 6.07 Å². The molecular formula is C16H25N3O. The fraction of sp³-hybridized carbons (Fsp3) is 0.688. The molecule has 1 aliphatic carbocycles. The quantitative estimate of drug-likeness (QED) is 0.895. The summed E-state index contributed by atoms with van der Waals surface area (Å²) in [7, 11) is 1.82. The maximum absolute atomic E-state index is 5.69. The van der Waals surface area contributed by atoms with Crippen molar-refractivity contribution in [1.82, 2.24) is 10.3 Å². The predicted molar refractivity (Wildman–Crippen MR) is 81.0 cm³/mol. The molecule has 110 valence electrons. The normalized spacial score (nSPS) is 26.8. The van der Waals surface area contributed by atoms with Gasteiger partial charge in [0.05, 0.1) is 5.60 Å². The average Bonchev–Trinajstić information content (AvgIpc) is 3.30. The molecule has 1 saturated heterocycles. The van der Waals surface area contributed by atoms with Crippen molar-refractivity contribution >= 4 is 5.82 Å². The predicted octanol–water partition coefficient (Wildman–Crippen LogP) is 2.34. The number of ether oxygens (including phenoxy) is 1. The molecule has 20 heavy (non-hydrogen) atoms. The van der Waals surface area contributed by atoms with Gasteiger partial charge < -0.3 is 15.0 Å². The average molecular weight is 275 g/mol. The molecule has 2 heterocycles. The van der Waals surface area contributed by atoms with E-state index < -0.39 is 0 Å². The fourth-order valence-corrected chi connectivity index (χ4v) is 2.95. The molecule has 2 aliphatic rings. The Morgan fingerprint density at radius 1 is 1.50 bits per heavy atom. The Kier molecular flexibility index (Phi) is 3.94. The van der Waals surface area contributed by atoms with Crippen LogP contribution in [0.3, 0.4) is 0 Å². The number of nitrogens with one attached hydrogen (secondary N) is 1. The standard InChI is InChI=1S/C16H25N3O/c1-16(20-2)8-4-10-19(12-16)15-13(5-3-9-17-15)11-18-14-6-7-14/h3,5,9,14,18H,4,6-8,10-12H2,1-2H3. The van der Waals surface area contributed by atoms with Crippen LogP contribution in [0.4, 0.5) is 5.82 Å². The van der Waals surface area contributed by atoms with Crippen LogP contribution in [-0.4, -0.2) is 36.8 Å². The monoisotopic (exact) mass is 275 g/mol. The van der Waals surface area contributed by atoms with Crippen LogP contribution in [0.25, 0.3) is 0 Å². The Hall–Kier alpha value is -1.13. The van der Waals surface area contributed by atoms with Crippen molar-refractivity contribution in [2.45, 2.75) is 50.8 Å². The lowest BCUT2D eigenvalue weighted by atomic mass is 9.94. The van der Waals surface area contributed by atoms with Crippen molar-refractivity contribution in [3.05, 3.63) is 23.9 Å². The highest BCUT2D eigenvalue weighted by Gasteiger charge is 2.32. The Bertz CT molecular complexity index is 461. The van der Waals surface area contributed by atoms with Gasteiger partial charge in [0.1, 0.15) is 5.82 Å². The Morgan fingerprint density at radius 2 is 2.35 bits per heavy atom. The molecule has 1 unspecified atom stereocenters. The summed E-state index contributed by atoms with van der Waals surface area (Å²) < 4.78 is 5.69. The van der Waals surface area contributed by atoms with Crippen molar-refractivity contribution in [3.8, 4) is 0 Å². The Morgan fingerprint density at radius 3 is 3.10 bits per heavy atom. The van der Waals surface area contributed by atoms with E-state index in [1.54, 1.807) is 0 Å². The van der Waals surface area contributed by atoms with Gasteiger partial charge in [0.15, 0.2) is 0 Å². The molecule has 3 rings (SSSR count). The lowest BCUT2D eigenvalue weighted by Crippen LogP contribution is -2.48. The smallest absolute Gasteiger partial charge is 0.133 e. The summed E-state index contributed by atoms with van der Waals surface area (Å²) >= 11 is 0. The first kappa shape index (κ1) is 13.8. The second-order valence-corrected chi connectivity index (χ2v) is 6.32. The van der Waals surface area contributed by atoms with Gasteiger partial charge in [-0.05, 0) is 38.7 Å². The first-order valence-corrected chi connectivity index (χ1v) is 7.67. The Balaban J connectivity index is 1.74. The molecule has 1 saturated carbocycles. The summed E-state index contributed by atoms with van der Waals surface area (Å²) in [5.74, 6) is 1.13. The molecule has 4 nitrogen and oxygen atoms in total.